The van der Waals surface area contributed by atoms with E-state index < -0.39 is 11.2 Å². The fourth-order valence-electron chi connectivity index (χ4n) is 9.11. The Morgan fingerprint density at radius 1 is 1.24 bits per heavy atom. The predicted molar refractivity (Wildman–Crippen MR) is 128 cm³/mol. The summed E-state index contributed by atoms with van der Waals surface area (Å²) in [7, 11) is 1.81. The first-order valence-corrected chi connectivity index (χ1v) is 12.6. The van der Waals surface area contributed by atoms with Crippen molar-refractivity contribution in [1.82, 2.24) is 4.90 Å². The summed E-state index contributed by atoms with van der Waals surface area (Å²) in [5, 5.41) is 23.0. The van der Waals surface area contributed by atoms with Crippen molar-refractivity contribution in [3.63, 3.8) is 0 Å². The molecule has 1 aromatic rings. The van der Waals surface area contributed by atoms with Crippen molar-refractivity contribution in [3.8, 4) is 11.5 Å². The molecule has 5 heteroatoms. The number of benzene rings is 1. The fraction of sp³-hybridized carbons (Fsp3) is 0.714. The van der Waals surface area contributed by atoms with E-state index in [2.05, 4.69) is 38.3 Å². The van der Waals surface area contributed by atoms with E-state index >= 15 is 0 Å². The minimum Gasteiger partial charge on any atom is -0.504 e. The van der Waals surface area contributed by atoms with E-state index in [1.165, 1.54) is 11.1 Å². The smallest absolute Gasteiger partial charge is 0.165 e. The van der Waals surface area contributed by atoms with Crippen LogP contribution in [0.1, 0.15) is 64.5 Å². The van der Waals surface area contributed by atoms with Crippen LogP contribution in [-0.4, -0.2) is 58.7 Å². The predicted octanol–water partition coefficient (Wildman–Crippen LogP) is 4.19. The standard InChI is InChI=1S/C28H39NO4/c1-7-13-29-14-12-27-21-17-8-9-18(30)22(21)33-23(27)28(32-6)11-10-26(27,20(29)15-17)16-19(28)25(5,31)24(2,3)4/h7-9,19-20,23,30-31H,1,10-16H2,2-6H3/t19-,20-,23-,25?,26-,27+,28-/m1/s1. The molecular weight excluding hydrogens is 414 g/mol. The Labute approximate surface area is 197 Å². The van der Waals surface area contributed by atoms with E-state index in [1.54, 1.807) is 13.2 Å². The summed E-state index contributed by atoms with van der Waals surface area (Å²) >= 11 is 0. The topological polar surface area (TPSA) is 62.2 Å². The SMILES string of the molecule is C=CCN1CC[C@]23c4c5ccc(O)c4O[C@H]2[C@@]2(OC)CC[C@@]3(C[C@@H]2C(C)(O)C(C)(C)C)[C@H]1C5. The Hall–Kier alpha value is -1.56. The largest absolute Gasteiger partial charge is 0.504 e. The van der Waals surface area contributed by atoms with Gasteiger partial charge in [0, 0.05) is 42.0 Å². The molecule has 4 bridgehead atoms. The summed E-state index contributed by atoms with van der Waals surface area (Å²) < 4.78 is 13.4. The molecule has 0 aromatic heterocycles. The second-order valence-corrected chi connectivity index (χ2v) is 12.6. The molecular formula is C28H39NO4. The van der Waals surface area contributed by atoms with Gasteiger partial charge in [-0.2, -0.15) is 0 Å². The second kappa shape index (κ2) is 6.35. The normalized spacial score (nSPS) is 42.4. The summed E-state index contributed by atoms with van der Waals surface area (Å²) in [5.41, 5.74) is 0.513. The van der Waals surface area contributed by atoms with Gasteiger partial charge in [-0.25, -0.2) is 0 Å². The monoisotopic (exact) mass is 453 g/mol. The molecule has 6 aliphatic rings. The van der Waals surface area contributed by atoms with Crippen LogP contribution in [0.2, 0.25) is 0 Å². The zero-order valence-electron chi connectivity index (χ0n) is 20.8. The van der Waals surface area contributed by atoms with Crippen molar-refractivity contribution in [2.75, 3.05) is 20.2 Å². The van der Waals surface area contributed by atoms with Crippen LogP contribution in [0.5, 0.6) is 11.5 Å². The molecule has 0 amide bonds. The molecule has 180 valence electrons. The number of nitrogens with zero attached hydrogens (tertiary/aromatic N) is 1. The third-order valence-corrected chi connectivity index (χ3v) is 11.0. The lowest BCUT2D eigenvalue weighted by atomic mass is 9.33. The Morgan fingerprint density at radius 2 is 2.00 bits per heavy atom. The molecule has 0 radical (unpaired) electrons. The van der Waals surface area contributed by atoms with Gasteiger partial charge in [-0.1, -0.05) is 32.9 Å². The quantitative estimate of drug-likeness (QED) is 0.670. The van der Waals surface area contributed by atoms with E-state index in [-0.39, 0.29) is 34.0 Å². The second-order valence-electron chi connectivity index (χ2n) is 12.6. The van der Waals surface area contributed by atoms with Crippen molar-refractivity contribution in [2.24, 2.45) is 16.7 Å². The van der Waals surface area contributed by atoms with Gasteiger partial charge in [0.1, 0.15) is 11.7 Å². The third-order valence-electron chi connectivity index (χ3n) is 11.0. The van der Waals surface area contributed by atoms with Crippen molar-refractivity contribution in [3.05, 3.63) is 35.9 Å². The Kier molecular flexibility index (Phi) is 4.22. The van der Waals surface area contributed by atoms with E-state index in [0.717, 1.165) is 45.2 Å². The summed E-state index contributed by atoms with van der Waals surface area (Å²) in [4.78, 5) is 2.62. The van der Waals surface area contributed by atoms with Gasteiger partial charge in [0.25, 0.3) is 0 Å². The maximum atomic E-state index is 12.1. The van der Waals surface area contributed by atoms with Gasteiger partial charge in [-0.15, -0.1) is 6.58 Å². The highest BCUT2D eigenvalue weighted by molar-refractivity contribution is 5.63. The first-order valence-electron chi connectivity index (χ1n) is 12.6. The van der Waals surface area contributed by atoms with E-state index in [9.17, 15) is 10.2 Å². The number of phenolic OH excluding ortho intramolecular Hbond substituents is 1. The van der Waals surface area contributed by atoms with E-state index in [4.69, 9.17) is 9.47 Å². The summed E-state index contributed by atoms with van der Waals surface area (Å²) in [6.45, 7) is 14.3. The number of aliphatic hydroxyl groups is 1. The van der Waals surface area contributed by atoms with Crippen molar-refractivity contribution in [1.29, 1.82) is 0 Å². The lowest BCUT2D eigenvalue weighted by Gasteiger charge is -2.75. The third kappa shape index (κ3) is 2.21. The summed E-state index contributed by atoms with van der Waals surface area (Å²) in [6.07, 6.45) is 6.62. The van der Waals surface area contributed by atoms with Gasteiger partial charge in [0.05, 0.1) is 5.60 Å². The van der Waals surface area contributed by atoms with Gasteiger partial charge in [0.2, 0.25) is 0 Å². The van der Waals surface area contributed by atoms with Crippen LogP contribution in [0.3, 0.4) is 0 Å². The maximum Gasteiger partial charge on any atom is 0.165 e. The van der Waals surface area contributed by atoms with Crippen LogP contribution in [0, 0.1) is 16.7 Å². The van der Waals surface area contributed by atoms with E-state index in [1.807, 2.05) is 13.0 Å². The highest BCUT2D eigenvalue weighted by atomic mass is 16.6. The summed E-state index contributed by atoms with van der Waals surface area (Å²) in [5.74, 6) is 0.854. The van der Waals surface area contributed by atoms with Gasteiger partial charge in [0.15, 0.2) is 11.5 Å². The first kappa shape index (κ1) is 21.9. The number of hydrogen-bond acceptors (Lipinski definition) is 5. The van der Waals surface area contributed by atoms with Crippen LogP contribution in [0.15, 0.2) is 24.8 Å². The Morgan fingerprint density at radius 3 is 2.67 bits per heavy atom. The molecule has 7 atom stereocenters. The van der Waals surface area contributed by atoms with Crippen molar-refractivity contribution >= 4 is 0 Å². The number of methoxy groups -OCH3 is 1. The maximum absolute atomic E-state index is 12.1. The number of fused-ring (bicyclic) bond motifs is 2. The number of phenols is 1. The average Bonchev–Trinajstić information content (AvgIpc) is 3.13. The first-order chi connectivity index (χ1) is 15.5. The number of piperidine rings is 1. The average molecular weight is 454 g/mol. The highest BCUT2D eigenvalue weighted by Gasteiger charge is 2.82. The van der Waals surface area contributed by atoms with Gasteiger partial charge in [-0.3, -0.25) is 4.90 Å². The zero-order valence-corrected chi connectivity index (χ0v) is 20.8. The minimum atomic E-state index is -0.934. The van der Waals surface area contributed by atoms with Crippen LogP contribution in [0.25, 0.3) is 0 Å². The van der Waals surface area contributed by atoms with Gasteiger partial charge < -0.3 is 19.7 Å². The van der Waals surface area contributed by atoms with Crippen molar-refractivity contribution < 1.29 is 19.7 Å². The van der Waals surface area contributed by atoms with E-state index in [0.29, 0.717) is 11.8 Å². The number of rotatable bonds is 4. The molecule has 1 saturated heterocycles. The molecule has 5 nitrogen and oxygen atoms in total. The lowest BCUT2D eigenvalue weighted by molar-refractivity contribution is -0.312. The number of ether oxygens (including phenoxy) is 2. The van der Waals surface area contributed by atoms with Crippen LogP contribution < -0.4 is 4.74 Å². The molecule has 2 aliphatic heterocycles. The lowest BCUT2D eigenvalue weighted by Crippen LogP contribution is -2.83. The molecule has 2 heterocycles. The minimum absolute atomic E-state index is 0.0227. The van der Waals surface area contributed by atoms with Crippen LogP contribution >= 0.6 is 0 Å². The number of likely N-dealkylation sites (tertiary alicyclic amines) is 1. The van der Waals surface area contributed by atoms with Gasteiger partial charge >= 0.3 is 0 Å². The molecule has 4 fully saturated rings. The van der Waals surface area contributed by atoms with Crippen LogP contribution in [-0.2, 0) is 16.6 Å². The molecule has 1 aromatic carbocycles. The highest BCUT2D eigenvalue weighted by Crippen LogP contribution is 2.77. The molecule has 2 N–H and O–H groups in total. The van der Waals surface area contributed by atoms with Crippen LogP contribution in [0.4, 0.5) is 0 Å². The molecule has 33 heavy (non-hydrogen) atoms. The Balaban J connectivity index is 1.64. The van der Waals surface area contributed by atoms with Gasteiger partial charge in [-0.05, 0) is 62.6 Å². The number of aromatic hydroxyl groups is 1. The summed E-state index contributed by atoms with van der Waals surface area (Å²) in [6, 6.07) is 4.29. The number of hydrogen-bond donors (Lipinski definition) is 2. The molecule has 7 rings (SSSR count). The van der Waals surface area contributed by atoms with Crippen molar-refractivity contribution in [2.45, 2.75) is 88.6 Å². The Bertz CT molecular complexity index is 1030. The zero-order chi connectivity index (χ0) is 23.6. The molecule has 1 unspecified atom stereocenters. The molecule has 2 spiro atoms. The molecule has 4 aliphatic carbocycles. The fourth-order valence-corrected chi connectivity index (χ4v) is 9.11. The molecule has 3 saturated carbocycles.